The molecule has 0 spiro atoms. The second-order valence-corrected chi connectivity index (χ2v) is 8.50. The number of rotatable bonds is 11. The van der Waals surface area contributed by atoms with E-state index in [4.69, 9.17) is 9.47 Å². The highest BCUT2D eigenvalue weighted by Gasteiger charge is 2.30. The number of likely N-dealkylation sites (N-methyl/N-ethyl adjacent to an activating group) is 2. The molecule has 3 rings (SSSR count). The van der Waals surface area contributed by atoms with E-state index in [0.717, 1.165) is 18.8 Å². The summed E-state index contributed by atoms with van der Waals surface area (Å²) in [5.74, 6) is 0.958. The van der Waals surface area contributed by atoms with Gasteiger partial charge in [-0.3, -0.25) is 9.59 Å². The Kier molecular flexibility index (Phi) is 8.48. The molecule has 1 aromatic heterocycles. The average molecular weight is 484 g/mol. The summed E-state index contributed by atoms with van der Waals surface area (Å²) in [6, 6.07) is 5.29. The van der Waals surface area contributed by atoms with E-state index in [1.165, 1.54) is 13.0 Å². The van der Waals surface area contributed by atoms with Crippen molar-refractivity contribution in [3.8, 4) is 11.6 Å². The van der Waals surface area contributed by atoms with Gasteiger partial charge in [0.2, 0.25) is 23.6 Å². The molecule has 0 saturated carbocycles. The van der Waals surface area contributed by atoms with Gasteiger partial charge in [-0.2, -0.15) is 4.98 Å². The van der Waals surface area contributed by atoms with Crippen LogP contribution < -0.4 is 25.0 Å². The lowest BCUT2D eigenvalue weighted by molar-refractivity contribution is -0.137. The minimum atomic E-state index is -0.324. The van der Waals surface area contributed by atoms with Crippen LogP contribution in [0.15, 0.2) is 37.1 Å². The highest BCUT2D eigenvalue weighted by Crippen LogP contribution is 2.38. The van der Waals surface area contributed by atoms with Crippen molar-refractivity contribution >= 4 is 34.8 Å². The highest BCUT2D eigenvalue weighted by atomic mass is 16.5. The van der Waals surface area contributed by atoms with E-state index >= 15 is 0 Å². The zero-order valence-electron chi connectivity index (χ0n) is 20.9. The number of carbonyl (C=O) groups excluding carboxylic acids is 2. The first-order valence-electron chi connectivity index (χ1n) is 11.2. The summed E-state index contributed by atoms with van der Waals surface area (Å²) in [7, 11) is 7.53. The Labute approximate surface area is 205 Å². The highest BCUT2D eigenvalue weighted by molar-refractivity contribution is 6.02. The van der Waals surface area contributed by atoms with Crippen LogP contribution in [0.2, 0.25) is 0 Å². The third-order valence-corrected chi connectivity index (χ3v) is 5.51. The van der Waals surface area contributed by atoms with Crippen LogP contribution in [0.1, 0.15) is 6.92 Å². The maximum atomic E-state index is 12.1. The van der Waals surface area contributed by atoms with Crippen LogP contribution in [0.4, 0.5) is 23.0 Å². The topological polar surface area (TPSA) is 112 Å². The third-order valence-electron chi connectivity index (χ3n) is 5.51. The number of nitrogens with zero attached hydrogens (tertiary/aromatic N) is 5. The number of aromatic nitrogens is 2. The minimum absolute atomic E-state index is 0.0251. The number of hydrogen-bond donors (Lipinski definition) is 2. The zero-order valence-corrected chi connectivity index (χ0v) is 20.9. The monoisotopic (exact) mass is 483 g/mol. The van der Waals surface area contributed by atoms with Crippen LogP contribution in [0.25, 0.3) is 0 Å². The molecule has 2 amide bonds. The van der Waals surface area contributed by atoms with Crippen molar-refractivity contribution in [2.45, 2.75) is 13.0 Å². The molecule has 0 bridgehead atoms. The summed E-state index contributed by atoms with van der Waals surface area (Å²) >= 11 is 0. The number of likely N-dealkylation sites (tertiary alicyclic amines) is 1. The summed E-state index contributed by atoms with van der Waals surface area (Å²) in [6.07, 6.45) is 2.70. The van der Waals surface area contributed by atoms with Gasteiger partial charge >= 0.3 is 0 Å². The maximum absolute atomic E-state index is 12.1. The molecule has 2 aromatic rings. The Morgan fingerprint density at radius 1 is 1.23 bits per heavy atom. The van der Waals surface area contributed by atoms with Crippen LogP contribution in [0.5, 0.6) is 11.6 Å². The van der Waals surface area contributed by atoms with E-state index < -0.39 is 0 Å². The largest absolute Gasteiger partial charge is 0.494 e. The fourth-order valence-corrected chi connectivity index (χ4v) is 3.43. The van der Waals surface area contributed by atoms with Gasteiger partial charge in [-0.25, -0.2) is 4.98 Å². The van der Waals surface area contributed by atoms with Gasteiger partial charge in [0, 0.05) is 45.4 Å². The van der Waals surface area contributed by atoms with Crippen molar-refractivity contribution in [3.05, 3.63) is 37.1 Å². The van der Waals surface area contributed by atoms with E-state index in [-0.39, 0.29) is 17.9 Å². The number of hydrogen-bond acceptors (Lipinski definition) is 9. The predicted octanol–water partition coefficient (Wildman–Crippen LogP) is 1.96. The van der Waals surface area contributed by atoms with Gasteiger partial charge in [0.15, 0.2) is 0 Å². The van der Waals surface area contributed by atoms with E-state index in [0.29, 0.717) is 42.0 Å². The molecule has 11 heteroatoms. The molecule has 1 fully saturated rings. The lowest BCUT2D eigenvalue weighted by Gasteiger charge is -2.37. The number of ether oxygens (including phenoxy) is 2. The molecule has 35 heavy (non-hydrogen) atoms. The van der Waals surface area contributed by atoms with Crippen LogP contribution in [-0.4, -0.2) is 92.1 Å². The second-order valence-electron chi connectivity index (χ2n) is 8.50. The Balaban J connectivity index is 1.83. The Morgan fingerprint density at radius 3 is 2.60 bits per heavy atom. The molecule has 0 aliphatic carbocycles. The molecule has 1 saturated heterocycles. The van der Waals surface area contributed by atoms with Gasteiger partial charge in [0.1, 0.15) is 11.9 Å². The van der Waals surface area contributed by atoms with Crippen LogP contribution in [0, 0.1) is 0 Å². The van der Waals surface area contributed by atoms with Crippen molar-refractivity contribution < 1.29 is 19.1 Å². The number of nitrogens with one attached hydrogen (secondary N) is 2. The van der Waals surface area contributed by atoms with Crippen LogP contribution >= 0.6 is 0 Å². The lowest BCUT2D eigenvalue weighted by atomic mass is 10.2. The van der Waals surface area contributed by atoms with Gasteiger partial charge in [-0.15, -0.1) is 0 Å². The fourth-order valence-electron chi connectivity index (χ4n) is 3.43. The smallest absolute Gasteiger partial charge is 0.247 e. The molecule has 188 valence electrons. The first-order chi connectivity index (χ1) is 16.7. The van der Waals surface area contributed by atoms with Crippen molar-refractivity contribution in [1.29, 1.82) is 0 Å². The first kappa shape index (κ1) is 25.8. The van der Waals surface area contributed by atoms with E-state index in [9.17, 15) is 9.59 Å². The number of benzene rings is 1. The molecule has 1 aromatic carbocycles. The van der Waals surface area contributed by atoms with Gasteiger partial charge < -0.3 is 34.8 Å². The van der Waals surface area contributed by atoms with Gasteiger partial charge in [-0.05, 0) is 26.2 Å². The molecule has 0 unspecified atom stereocenters. The number of methoxy groups -OCH3 is 1. The SMILES string of the molecule is C=CC(=O)Nc1cc(Nc2nccc(OC3CN(C(C)=O)C3)n2)c(OC)cc1N(C)CCN(C)C. The number of carbonyl (C=O) groups is 2. The molecule has 0 radical (unpaired) electrons. The van der Waals surface area contributed by atoms with Crippen LogP contribution in [-0.2, 0) is 9.59 Å². The summed E-state index contributed by atoms with van der Waals surface area (Å²) in [6.45, 7) is 7.72. The Hall–Kier alpha value is -3.86. The zero-order chi connectivity index (χ0) is 25.5. The second kappa shape index (κ2) is 11.5. The van der Waals surface area contributed by atoms with E-state index in [1.54, 1.807) is 30.3 Å². The van der Waals surface area contributed by atoms with Crippen molar-refractivity contribution in [2.24, 2.45) is 0 Å². The normalized spacial score (nSPS) is 13.1. The van der Waals surface area contributed by atoms with Crippen molar-refractivity contribution in [3.63, 3.8) is 0 Å². The quantitative estimate of drug-likeness (QED) is 0.463. The molecule has 1 aliphatic heterocycles. The first-order valence-corrected chi connectivity index (χ1v) is 11.2. The predicted molar refractivity (Wildman–Crippen MR) is 136 cm³/mol. The minimum Gasteiger partial charge on any atom is -0.494 e. The molecular formula is C24H33N7O4. The van der Waals surface area contributed by atoms with Gasteiger partial charge in [-0.1, -0.05) is 6.58 Å². The molecule has 1 aliphatic rings. The van der Waals surface area contributed by atoms with Gasteiger partial charge in [0.25, 0.3) is 0 Å². The molecule has 2 N–H and O–H groups in total. The number of amides is 2. The van der Waals surface area contributed by atoms with Crippen LogP contribution in [0.3, 0.4) is 0 Å². The third kappa shape index (κ3) is 6.82. The maximum Gasteiger partial charge on any atom is 0.247 e. The Morgan fingerprint density at radius 2 is 1.97 bits per heavy atom. The summed E-state index contributed by atoms with van der Waals surface area (Å²) in [5.41, 5.74) is 1.95. The molecule has 11 nitrogen and oxygen atoms in total. The fraction of sp³-hybridized carbons (Fsp3) is 0.417. The van der Waals surface area contributed by atoms with E-state index in [2.05, 4.69) is 32.1 Å². The summed E-state index contributed by atoms with van der Waals surface area (Å²) in [4.78, 5) is 38.0. The van der Waals surface area contributed by atoms with E-state index in [1.807, 2.05) is 32.1 Å². The number of anilines is 4. The summed E-state index contributed by atoms with van der Waals surface area (Å²) in [5, 5.41) is 6.02. The standard InChI is InChI=1S/C24H33N7O4/c1-7-22(33)26-18-12-19(21(34-6)13-20(18)30(5)11-10-29(3)4)27-24-25-9-8-23(28-24)35-17-14-31(15-17)16(2)32/h7-9,12-13,17H,1,10-11,14-15H2,2-6H3,(H,26,33)(H,25,27,28). The molecular weight excluding hydrogens is 450 g/mol. The van der Waals surface area contributed by atoms with Crippen molar-refractivity contribution in [2.75, 3.05) is 70.0 Å². The summed E-state index contributed by atoms with van der Waals surface area (Å²) < 4.78 is 11.5. The molecule has 2 heterocycles. The lowest BCUT2D eigenvalue weighted by Crippen LogP contribution is -2.55. The average Bonchev–Trinajstić information content (AvgIpc) is 2.79. The van der Waals surface area contributed by atoms with Gasteiger partial charge in [0.05, 0.1) is 37.3 Å². The van der Waals surface area contributed by atoms with Crippen molar-refractivity contribution in [1.82, 2.24) is 19.8 Å². The molecule has 0 atom stereocenters. The Bertz CT molecular complexity index is 1070.